The Kier molecular flexibility index (Phi) is 3.94. The highest BCUT2D eigenvalue weighted by Gasteiger charge is 2.09. The minimum Gasteiger partial charge on any atom is -0.497 e. The van der Waals surface area contributed by atoms with Crippen LogP contribution in [0.2, 0.25) is 0 Å². The van der Waals surface area contributed by atoms with Gasteiger partial charge in [0.25, 0.3) is 0 Å². The van der Waals surface area contributed by atoms with Crippen molar-refractivity contribution in [3.8, 4) is 5.75 Å². The zero-order chi connectivity index (χ0) is 13.0. The zero-order valence-electron chi connectivity index (χ0n) is 9.75. The summed E-state index contributed by atoms with van der Waals surface area (Å²) in [4.78, 5) is 10.6. The number of carboxylic acid groups (broad SMARTS) is 1. The number of ether oxygens (including phenoxy) is 1. The molecule has 0 aliphatic rings. The van der Waals surface area contributed by atoms with Crippen LogP contribution < -0.4 is 4.74 Å². The third-order valence-electron chi connectivity index (χ3n) is 2.33. The van der Waals surface area contributed by atoms with Crippen LogP contribution in [-0.4, -0.2) is 18.2 Å². The van der Waals surface area contributed by atoms with E-state index < -0.39 is 5.97 Å². The van der Waals surface area contributed by atoms with Crippen molar-refractivity contribution >= 4 is 17.7 Å². The van der Waals surface area contributed by atoms with Crippen LogP contribution in [-0.2, 0) is 5.75 Å². The van der Waals surface area contributed by atoms with E-state index in [1.165, 1.54) is 17.8 Å². The number of benzene rings is 1. The molecule has 94 valence electrons. The molecule has 0 fully saturated rings. The molecule has 0 bridgehead atoms. The molecule has 0 aliphatic heterocycles. The van der Waals surface area contributed by atoms with Gasteiger partial charge in [0.15, 0.2) is 5.09 Å². The highest BCUT2D eigenvalue weighted by Crippen LogP contribution is 2.25. The number of rotatable bonds is 5. The number of furan rings is 1. The summed E-state index contributed by atoms with van der Waals surface area (Å²) in [5.41, 5.74) is 1.12. The molecule has 0 radical (unpaired) electrons. The fourth-order valence-corrected chi connectivity index (χ4v) is 2.20. The average molecular weight is 264 g/mol. The highest BCUT2D eigenvalue weighted by molar-refractivity contribution is 7.98. The van der Waals surface area contributed by atoms with Crippen LogP contribution in [0.25, 0.3) is 0 Å². The smallest absolute Gasteiger partial charge is 0.371 e. The van der Waals surface area contributed by atoms with Gasteiger partial charge >= 0.3 is 5.97 Å². The highest BCUT2D eigenvalue weighted by atomic mass is 32.2. The Bertz CT molecular complexity index is 530. The molecule has 1 aromatic carbocycles. The van der Waals surface area contributed by atoms with Crippen LogP contribution in [0.5, 0.6) is 5.75 Å². The third kappa shape index (κ3) is 3.07. The van der Waals surface area contributed by atoms with E-state index in [4.69, 9.17) is 14.3 Å². The second-order valence-electron chi connectivity index (χ2n) is 3.56. The molecule has 0 saturated heterocycles. The van der Waals surface area contributed by atoms with E-state index >= 15 is 0 Å². The molecule has 0 unspecified atom stereocenters. The molecule has 2 rings (SSSR count). The average Bonchev–Trinajstić information content (AvgIpc) is 2.86. The van der Waals surface area contributed by atoms with Gasteiger partial charge in [-0.2, -0.15) is 0 Å². The molecule has 0 spiro atoms. The number of carboxylic acids is 1. The number of methoxy groups -OCH3 is 1. The Labute approximate surface area is 109 Å². The van der Waals surface area contributed by atoms with Crippen molar-refractivity contribution in [2.45, 2.75) is 10.8 Å². The summed E-state index contributed by atoms with van der Waals surface area (Å²) in [6.45, 7) is 0. The fourth-order valence-electron chi connectivity index (χ4n) is 1.39. The molecule has 1 N–H and O–H groups in total. The summed E-state index contributed by atoms with van der Waals surface area (Å²) in [6.07, 6.45) is 0. The number of aromatic carboxylic acids is 1. The van der Waals surface area contributed by atoms with Crippen LogP contribution in [0.3, 0.4) is 0 Å². The van der Waals surface area contributed by atoms with Gasteiger partial charge in [0.1, 0.15) is 5.75 Å². The van der Waals surface area contributed by atoms with Gasteiger partial charge in [-0.25, -0.2) is 4.79 Å². The lowest BCUT2D eigenvalue weighted by molar-refractivity contribution is 0.0656. The van der Waals surface area contributed by atoms with Crippen molar-refractivity contribution in [2.24, 2.45) is 0 Å². The number of hydrogen-bond acceptors (Lipinski definition) is 4. The molecule has 0 amide bonds. The van der Waals surface area contributed by atoms with Gasteiger partial charge in [-0.15, -0.1) is 0 Å². The summed E-state index contributed by atoms with van der Waals surface area (Å²) in [6, 6.07) is 10.8. The number of carbonyl (C=O) groups is 1. The van der Waals surface area contributed by atoms with Crippen molar-refractivity contribution in [1.82, 2.24) is 0 Å². The van der Waals surface area contributed by atoms with Gasteiger partial charge in [-0.3, -0.25) is 0 Å². The minimum atomic E-state index is -1.05. The van der Waals surface area contributed by atoms with E-state index in [2.05, 4.69) is 0 Å². The SMILES string of the molecule is COc1ccc(CSc2ccc(C(=O)O)o2)cc1. The van der Waals surface area contributed by atoms with Crippen molar-refractivity contribution < 1.29 is 19.1 Å². The largest absolute Gasteiger partial charge is 0.497 e. The van der Waals surface area contributed by atoms with Gasteiger partial charge in [-0.1, -0.05) is 23.9 Å². The Morgan fingerprint density at radius 3 is 2.56 bits per heavy atom. The first-order valence-electron chi connectivity index (χ1n) is 5.28. The predicted octanol–water partition coefficient (Wildman–Crippen LogP) is 3.28. The molecule has 1 heterocycles. The summed E-state index contributed by atoms with van der Waals surface area (Å²) in [5.74, 6) is 0.449. The normalized spacial score (nSPS) is 10.3. The van der Waals surface area contributed by atoms with Crippen LogP contribution >= 0.6 is 11.8 Å². The number of thioether (sulfide) groups is 1. The van der Waals surface area contributed by atoms with E-state index in [9.17, 15) is 4.79 Å². The Morgan fingerprint density at radius 2 is 2.00 bits per heavy atom. The lowest BCUT2D eigenvalue weighted by Crippen LogP contribution is -1.91. The maximum absolute atomic E-state index is 10.6. The standard InChI is InChI=1S/C13H12O4S/c1-16-10-4-2-9(3-5-10)8-18-12-7-6-11(17-12)13(14)15/h2-7H,8H2,1H3,(H,14,15). The first-order chi connectivity index (χ1) is 8.69. The molecule has 0 saturated carbocycles. The van der Waals surface area contributed by atoms with Crippen molar-refractivity contribution in [3.63, 3.8) is 0 Å². The maximum Gasteiger partial charge on any atom is 0.371 e. The first kappa shape index (κ1) is 12.6. The van der Waals surface area contributed by atoms with Crippen LogP contribution in [0, 0.1) is 0 Å². The number of hydrogen-bond donors (Lipinski definition) is 1. The lowest BCUT2D eigenvalue weighted by atomic mass is 10.2. The van der Waals surface area contributed by atoms with Crippen molar-refractivity contribution in [2.75, 3.05) is 7.11 Å². The van der Waals surface area contributed by atoms with Crippen molar-refractivity contribution in [1.29, 1.82) is 0 Å². The second kappa shape index (κ2) is 5.64. The topological polar surface area (TPSA) is 59.7 Å². The van der Waals surface area contributed by atoms with Gasteiger partial charge < -0.3 is 14.3 Å². The van der Waals surface area contributed by atoms with E-state index in [1.54, 1.807) is 13.2 Å². The Hall–Kier alpha value is -1.88. The Morgan fingerprint density at radius 1 is 1.28 bits per heavy atom. The first-order valence-corrected chi connectivity index (χ1v) is 6.26. The quantitative estimate of drug-likeness (QED) is 0.840. The monoisotopic (exact) mass is 264 g/mol. The third-order valence-corrected chi connectivity index (χ3v) is 3.31. The van der Waals surface area contributed by atoms with E-state index in [1.807, 2.05) is 24.3 Å². The molecule has 0 atom stereocenters. The summed E-state index contributed by atoms with van der Waals surface area (Å²) < 4.78 is 10.2. The van der Waals surface area contributed by atoms with E-state index in [0.29, 0.717) is 5.09 Å². The molecule has 4 nitrogen and oxygen atoms in total. The van der Waals surface area contributed by atoms with Crippen LogP contribution in [0.4, 0.5) is 0 Å². The van der Waals surface area contributed by atoms with Crippen LogP contribution in [0.15, 0.2) is 45.9 Å². The molecule has 0 aliphatic carbocycles. The summed E-state index contributed by atoms with van der Waals surface area (Å²) >= 11 is 1.45. The molecular formula is C13H12O4S. The second-order valence-corrected chi connectivity index (χ2v) is 4.54. The molecule has 18 heavy (non-hydrogen) atoms. The minimum absolute atomic E-state index is 0.0350. The molecule has 5 heteroatoms. The lowest BCUT2D eigenvalue weighted by Gasteiger charge is -2.02. The van der Waals surface area contributed by atoms with Gasteiger partial charge in [0.05, 0.1) is 7.11 Å². The summed E-state index contributed by atoms with van der Waals surface area (Å²) in [7, 11) is 1.63. The zero-order valence-corrected chi connectivity index (χ0v) is 10.6. The molecular weight excluding hydrogens is 252 g/mol. The van der Waals surface area contributed by atoms with E-state index in [-0.39, 0.29) is 5.76 Å². The summed E-state index contributed by atoms with van der Waals surface area (Å²) in [5, 5.41) is 9.32. The molecule has 2 aromatic rings. The van der Waals surface area contributed by atoms with Gasteiger partial charge in [0.2, 0.25) is 5.76 Å². The van der Waals surface area contributed by atoms with Crippen molar-refractivity contribution in [3.05, 3.63) is 47.7 Å². The fraction of sp³-hybridized carbons (Fsp3) is 0.154. The van der Waals surface area contributed by atoms with Crippen LogP contribution in [0.1, 0.15) is 16.1 Å². The van der Waals surface area contributed by atoms with Gasteiger partial charge in [0, 0.05) is 5.75 Å². The van der Waals surface area contributed by atoms with E-state index in [0.717, 1.165) is 17.1 Å². The van der Waals surface area contributed by atoms with Gasteiger partial charge in [-0.05, 0) is 29.8 Å². The Balaban J connectivity index is 1.95. The predicted molar refractivity (Wildman–Crippen MR) is 68.2 cm³/mol. The maximum atomic E-state index is 10.6. The molecule has 1 aromatic heterocycles.